The molecule has 2 aliphatic rings. The van der Waals surface area contributed by atoms with Crippen LogP contribution in [0.4, 0.5) is 0 Å². The van der Waals surface area contributed by atoms with Crippen molar-refractivity contribution in [3.05, 3.63) is 29.8 Å². The molecule has 2 aliphatic heterocycles. The summed E-state index contributed by atoms with van der Waals surface area (Å²) in [5, 5.41) is -0.572. The maximum absolute atomic E-state index is 12.9. The topological polar surface area (TPSA) is 38.8 Å². The average Bonchev–Trinajstić information content (AvgIpc) is 2.65. The number of benzene rings is 1. The lowest BCUT2D eigenvalue weighted by molar-refractivity contribution is 0.0685. The molecule has 4 nitrogen and oxygen atoms in total. The van der Waals surface area contributed by atoms with Crippen LogP contribution in [0.2, 0.25) is 0 Å². The van der Waals surface area contributed by atoms with Crippen molar-refractivity contribution in [2.45, 2.75) is 5.12 Å². The Balaban J connectivity index is 1.93. The quantitative estimate of drug-likeness (QED) is 0.583. The molecule has 1 saturated heterocycles. The van der Waals surface area contributed by atoms with Crippen LogP contribution in [0.3, 0.4) is 0 Å². The number of halogens is 1. The molecule has 1 aromatic rings. The zero-order valence-corrected chi connectivity index (χ0v) is 10.9. The molecule has 0 N–H and O–H groups in total. The first-order valence-electron chi connectivity index (χ1n) is 5.57. The lowest BCUT2D eigenvalue weighted by Crippen LogP contribution is -2.35. The molecule has 0 bridgehead atoms. The van der Waals surface area contributed by atoms with E-state index >= 15 is 0 Å². The van der Waals surface area contributed by atoms with E-state index < -0.39 is 12.6 Å². The minimum absolute atomic E-state index is 0.572. The molecule has 2 unspecified atom stereocenters. The van der Waals surface area contributed by atoms with Gasteiger partial charge in [0.05, 0.1) is 13.2 Å². The Morgan fingerprint density at radius 2 is 2.00 bits per heavy atom. The number of morpholine rings is 1. The summed E-state index contributed by atoms with van der Waals surface area (Å²) < 4.78 is 25.6. The van der Waals surface area contributed by atoms with Crippen molar-refractivity contribution in [2.24, 2.45) is 0 Å². The van der Waals surface area contributed by atoms with E-state index in [-0.39, 0.29) is 0 Å². The number of para-hydroxylation sites is 1. The fourth-order valence-corrected chi connectivity index (χ4v) is 5.06. The number of nitrogens with zero attached hydrogens (tertiary/aromatic N) is 1. The molecule has 92 valence electrons. The molecule has 17 heavy (non-hydrogen) atoms. The van der Waals surface area contributed by atoms with Gasteiger partial charge in [-0.05, 0) is 6.07 Å². The maximum Gasteiger partial charge on any atom is 0.341 e. The van der Waals surface area contributed by atoms with Gasteiger partial charge in [-0.3, -0.25) is 4.57 Å². The van der Waals surface area contributed by atoms with Crippen LogP contribution in [0, 0.1) is 0 Å². The summed E-state index contributed by atoms with van der Waals surface area (Å²) in [5.74, 6) is 0.641. The van der Waals surface area contributed by atoms with Crippen LogP contribution in [0.1, 0.15) is 10.7 Å². The Hall–Kier alpha value is -0.540. The zero-order chi connectivity index (χ0) is 11.9. The van der Waals surface area contributed by atoms with Crippen LogP contribution in [0.15, 0.2) is 24.3 Å². The first kappa shape index (κ1) is 11.5. The highest BCUT2D eigenvalue weighted by atomic mass is 35.5. The standard InChI is InChI=1S/C11H13ClNO3P/c12-11-9-3-1-2-4-10(9)16-17(11,14)13-5-7-15-8-6-13/h1-4,11H,5-8H2. The number of rotatable bonds is 1. The number of ether oxygens (including phenoxy) is 1. The third kappa shape index (κ3) is 1.80. The molecule has 2 heterocycles. The third-order valence-corrected chi connectivity index (χ3v) is 6.55. The SMILES string of the molecule is O=P1(N2CCOCC2)Oc2ccccc2C1Cl. The molecule has 1 aromatic carbocycles. The summed E-state index contributed by atoms with van der Waals surface area (Å²) in [5.41, 5.74) is 0.823. The van der Waals surface area contributed by atoms with Crippen molar-refractivity contribution >= 4 is 19.1 Å². The van der Waals surface area contributed by atoms with Crippen LogP contribution in [0.5, 0.6) is 5.75 Å². The molecule has 0 aliphatic carbocycles. The minimum Gasteiger partial charge on any atom is -0.431 e. The number of fused-ring (bicyclic) bond motifs is 1. The van der Waals surface area contributed by atoms with E-state index in [1.165, 1.54) is 0 Å². The van der Waals surface area contributed by atoms with Gasteiger partial charge in [-0.1, -0.05) is 18.2 Å². The van der Waals surface area contributed by atoms with E-state index in [1.54, 1.807) is 0 Å². The predicted octanol–water partition coefficient (Wildman–Crippen LogP) is 2.84. The monoisotopic (exact) mass is 273 g/mol. The van der Waals surface area contributed by atoms with Gasteiger partial charge in [-0.25, -0.2) is 4.67 Å². The molecule has 1 fully saturated rings. The van der Waals surface area contributed by atoms with E-state index in [4.69, 9.17) is 20.9 Å². The Kier molecular flexibility index (Phi) is 2.91. The van der Waals surface area contributed by atoms with Crippen molar-refractivity contribution in [2.75, 3.05) is 26.3 Å². The molecule has 0 aromatic heterocycles. The first-order chi connectivity index (χ1) is 8.22. The maximum atomic E-state index is 12.9. The summed E-state index contributed by atoms with van der Waals surface area (Å²) in [4.78, 5) is 0. The molecule has 0 amide bonds. The highest BCUT2D eigenvalue weighted by Crippen LogP contribution is 2.70. The predicted molar refractivity (Wildman–Crippen MR) is 65.7 cm³/mol. The van der Waals surface area contributed by atoms with Gasteiger partial charge in [-0.15, -0.1) is 11.6 Å². The number of alkyl halides is 1. The van der Waals surface area contributed by atoms with Gasteiger partial charge in [-0.2, -0.15) is 0 Å². The number of hydrogen-bond acceptors (Lipinski definition) is 3. The van der Waals surface area contributed by atoms with Gasteiger partial charge in [0.2, 0.25) is 0 Å². The average molecular weight is 274 g/mol. The van der Waals surface area contributed by atoms with E-state index in [0.29, 0.717) is 32.1 Å². The summed E-state index contributed by atoms with van der Waals surface area (Å²) in [6.07, 6.45) is 0. The summed E-state index contributed by atoms with van der Waals surface area (Å²) in [6, 6.07) is 7.42. The molecular weight excluding hydrogens is 261 g/mol. The van der Waals surface area contributed by atoms with E-state index in [9.17, 15) is 4.57 Å². The van der Waals surface area contributed by atoms with Crippen LogP contribution in [-0.2, 0) is 9.30 Å². The second-order valence-corrected chi connectivity index (χ2v) is 7.23. The smallest absolute Gasteiger partial charge is 0.341 e. The van der Waals surface area contributed by atoms with Gasteiger partial charge in [0.25, 0.3) is 0 Å². The molecule has 6 heteroatoms. The van der Waals surface area contributed by atoms with Crippen LogP contribution < -0.4 is 4.52 Å². The fourth-order valence-electron chi connectivity index (χ4n) is 2.16. The molecule has 0 spiro atoms. The van der Waals surface area contributed by atoms with Gasteiger partial charge >= 0.3 is 7.52 Å². The van der Waals surface area contributed by atoms with Crippen molar-refractivity contribution < 1.29 is 13.8 Å². The van der Waals surface area contributed by atoms with E-state index in [0.717, 1.165) is 5.56 Å². The van der Waals surface area contributed by atoms with Gasteiger partial charge in [0.1, 0.15) is 5.75 Å². The van der Waals surface area contributed by atoms with E-state index in [2.05, 4.69) is 0 Å². The van der Waals surface area contributed by atoms with Crippen LogP contribution >= 0.6 is 19.1 Å². The van der Waals surface area contributed by atoms with Crippen molar-refractivity contribution in [3.63, 3.8) is 0 Å². The van der Waals surface area contributed by atoms with Crippen molar-refractivity contribution in [1.82, 2.24) is 4.67 Å². The molecule has 0 saturated carbocycles. The summed E-state index contributed by atoms with van der Waals surface area (Å²) >= 11 is 6.31. The normalized spacial score (nSPS) is 33.1. The Morgan fingerprint density at radius 1 is 1.29 bits per heavy atom. The van der Waals surface area contributed by atoms with Crippen molar-refractivity contribution in [1.29, 1.82) is 0 Å². The van der Waals surface area contributed by atoms with Crippen LogP contribution in [-0.4, -0.2) is 31.0 Å². The highest BCUT2D eigenvalue weighted by molar-refractivity contribution is 7.59. The van der Waals surface area contributed by atoms with Gasteiger partial charge in [0.15, 0.2) is 5.12 Å². The van der Waals surface area contributed by atoms with Crippen LogP contribution in [0.25, 0.3) is 0 Å². The Labute approximate surface area is 105 Å². The largest absolute Gasteiger partial charge is 0.431 e. The first-order valence-corrected chi connectivity index (χ1v) is 7.65. The molecule has 0 radical (unpaired) electrons. The third-order valence-electron chi connectivity index (χ3n) is 3.07. The van der Waals surface area contributed by atoms with Gasteiger partial charge in [0, 0.05) is 18.7 Å². The minimum atomic E-state index is -3.00. The van der Waals surface area contributed by atoms with E-state index in [1.807, 2.05) is 28.9 Å². The highest BCUT2D eigenvalue weighted by Gasteiger charge is 2.48. The second kappa shape index (κ2) is 4.29. The zero-order valence-electron chi connectivity index (χ0n) is 9.21. The summed E-state index contributed by atoms with van der Waals surface area (Å²) in [7, 11) is -3.00. The van der Waals surface area contributed by atoms with Crippen molar-refractivity contribution in [3.8, 4) is 5.75 Å². The summed E-state index contributed by atoms with van der Waals surface area (Å²) in [6.45, 7) is 2.36. The fraction of sp³-hybridized carbons (Fsp3) is 0.455. The number of hydrogen-bond donors (Lipinski definition) is 0. The second-order valence-electron chi connectivity index (χ2n) is 4.10. The van der Waals surface area contributed by atoms with Gasteiger partial charge < -0.3 is 9.26 Å². The molecule has 2 atom stereocenters. The Bertz CT molecular complexity index is 476. The lowest BCUT2D eigenvalue weighted by Gasteiger charge is -2.32. The Morgan fingerprint density at radius 3 is 2.71 bits per heavy atom. The molecule has 3 rings (SSSR count). The molecular formula is C11H13ClNO3P. The lowest BCUT2D eigenvalue weighted by atomic mass is 10.2.